The van der Waals surface area contributed by atoms with E-state index in [9.17, 15) is 13.2 Å². The molecule has 1 aromatic carbocycles. The first-order valence-electron chi connectivity index (χ1n) is 7.34. The molecule has 0 radical (unpaired) electrons. The van der Waals surface area contributed by atoms with Gasteiger partial charge in [0.25, 0.3) is 5.91 Å². The molecule has 0 fully saturated rings. The zero-order valence-electron chi connectivity index (χ0n) is 13.5. The maximum Gasteiger partial charge on any atom is 0.251 e. The molecule has 0 unspecified atom stereocenters. The van der Waals surface area contributed by atoms with Gasteiger partial charge in [-0.3, -0.25) is 4.79 Å². The van der Waals surface area contributed by atoms with Crippen molar-refractivity contribution in [1.82, 2.24) is 10.0 Å². The van der Waals surface area contributed by atoms with E-state index in [1.807, 2.05) is 0 Å². The molecule has 0 atom stereocenters. The van der Waals surface area contributed by atoms with Gasteiger partial charge in [0.1, 0.15) is 5.76 Å². The fourth-order valence-electron chi connectivity index (χ4n) is 2.04. The first-order valence-corrected chi connectivity index (χ1v) is 8.82. The van der Waals surface area contributed by atoms with Crippen LogP contribution in [-0.2, 0) is 21.3 Å². The average Bonchev–Trinajstić information content (AvgIpc) is 3.07. The number of sulfonamides is 1. The minimum Gasteiger partial charge on any atom is -0.468 e. The average molecular weight is 352 g/mol. The van der Waals surface area contributed by atoms with Gasteiger partial charge in [-0.1, -0.05) is 6.07 Å². The molecule has 7 nitrogen and oxygen atoms in total. The smallest absolute Gasteiger partial charge is 0.251 e. The van der Waals surface area contributed by atoms with Gasteiger partial charge in [0.05, 0.1) is 24.3 Å². The third-order valence-electron chi connectivity index (χ3n) is 3.37. The fraction of sp³-hybridized carbons (Fsp3) is 0.312. The van der Waals surface area contributed by atoms with E-state index in [2.05, 4.69) is 10.0 Å². The highest BCUT2D eigenvalue weighted by atomic mass is 32.2. The number of ether oxygens (including phenoxy) is 1. The predicted octanol–water partition coefficient (Wildman–Crippen LogP) is 1.44. The summed E-state index contributed by atoms with van der Waals surface area (Å²) in [4.78, 5) is 12.2. The molecule has 0 spiro atoms. The van der Waals surface area contributed by atoms with Crippen molar-refractivity contribution in [1.29, 1.82) is 0 Å². The first kappa shape index (κ1) is 18.2. The summed E-state index contributed by atoms with van der Waals surface area (Å²) in [6.07, 6.45) is 1.47. The summed E-state index contributed by atoms with van der Waals surface area (Å²) < 4.78 is 37.2. The highest BCUT2D eigenvalue weighted by molar-refractivity contribution is 7.89. The summed E-state index contributed by atoms with van der Waals surface area (Å²) in [5.41, 5.74) is 1.00. The van der Waals surface area contributed by atoms with Crippen LogP contribution in [0.15, 0.2) is 45.9 Å². The lowest BCUT2D eigenvalue weighted by atomic mass is 10.1. The van der Waals surface area contributed by atoms with Gasteiger partial charge in [0.2, 0.25) is 10.0 Å². The third-order valence-corrected chi connectivity index (χ3v) is 4.77. The van der Waals surface area contributed by atoms with Crippen LogP contribution in [0.3, 0.4) is 0 Å². The minimum atomic E-state index is -3.75. The topological polar surface area (TPSA) is 97.6 Å². The molecule has 0 saturated carbocycles. The van der Waals surface area contributed by atoms with Crippen LogP contribution < -0.4 is 10.0 Å². The predicted molar refractivity (Wildman–Crippen MR) is 88.1 cm³/mol. The summed E-state index contributed by atoms with van der Waals surface area (Å²) in [5, 5.41) is 2.68. The molecular weight excluding hydrogens is 332 g/mol. The molecule has 2 N–H and O–H groups in total. The number of hydrogen-bond acceptors (Lipinski definition) is 5. The van der Waals surface area contributed by atoms with Gasteiger partial charge < -0.3 is 14.5 Å². The van der Waals surface area contributed by atoms with Crippen molar-refractivity contribution in [3.63, 3.8) is 0 Å². The summed E-state index contributed by atoms with van der Waals surface area (Å²) >= 11 is 0. The number of nitrogens with one attached hydrogen (secondary N) is 2. The molecule has 2 aromatic rings. The number of aryl methyl sites for hydroxylation is 1. The number of hydrogen-bond donors (Lipinski definition) is 2. The molecule has 0 aliphatic heterocycles. The van der Waals surface area contributed by atoms with E-state index >= 15 is 0 Å². The lowest BCUT2D eigenvalue weighted by Gasteiger charge is -2.10. The van der Waals surface area contributed by atoms with Crippen LogP contribution in [0.1, 0.15) is 21.7 Å². The largest absolute Gasteiger partial charge is 0.468 e. The summed E-state index contributed by atoms with van der Waals surface area (Å²) in [5.74, 6) is 0.163. The molecule has 1 heterocycles. The number of amides is 1. The van der Waals surface area contributed by atoms with Crippen molar-refractivity contribution in [3.8, 4) is 0 Å². The van der Waals surface area contributed by atoms with Crippen LogP contribution in [-0.4, -0.2) is 34.6 Å². The van der Waals surface area contributed by atoms with Gasteiger partial charge in [-0.2, -0.15) is 0 Å². The van der Waals surface area contributed by atoms with E-state index in [1.54, 1.807) is 25.1 Å². The second-order valence-corrected chi connectivity index (χ2v) is 6.90. The van der Waals surface area contributed by atoms with Crippen LogP contribution >= 0.6 is 0 Å². The van der Waals surface area contributed by atoms with Gasteiger partial charge in [0, 0.05) is 19.2 Å². The fourth-order valence-corrected chi connectivity index (χ4v) is 3.06. The van der Waals surface area contributed by atoms with E-state index in [1.165, 1.54) is 25.5 Å². The molecule has 8 heteroatoms. The van der Waals surface area contributed by atoms with Crippen molar-refractivity contribution >= 4 is 15.9 Å². The molecule has 0 saturated heterocycles. The Hall–Kier alpha value is -2.16. The summed E-state index contributed by atoms with van der Waals surface area (Å²) in [6.45, 7) is 2.52. The molecule has 1 aromatic heterocycles. The Bertz CT molecular complexity index is 785. The number of carbonyl (C=O) groups is 1. The molecule has 130 valence electrons. The van der Waals surface area contributed by atoms with Crippen molar-refractivity contribution in [2.75, 3.05) is 20.3 Å². The standard InChI is InChI=1S/C16H20N2O5S/c1-12-5-6-14(10-15(12)16(19)17-7-9-22-2)24(20,21)18-11-13-4-3-8-23-13/h3-6,8,10,18H,7,9,11H2,1-2H3,(H,17,19). The van der Waals surface area contributed by atoms with Gasteiger partial charge >= 0.3 is 0 Å². The first-order chi connectivity index (χ1) is 11.4. The second-order valence-electron chi connectivity index (χ2n) is 5.13. The minimum absolute atomic E-state index is 0.0246. The number of benzene rings is 1. The Labute approximate surface area is 141 Å². The molecule has 2 rings (SSSR count). The van der Waals surface area contributed by atoms with Crippen LogP contribution in [0.4, 0.5) is 0 Å². The Morgan fingerprint density at radius 2 is 2.08 bits per heavy atom. The molecule has 0 aliphatic carbocycles. The lowest BCUT2D eigenvalue weighted by Crippen LogP contribution is -2.28. The molecule has 0 aliphatic rings. The van der Waals surface area contributed by atoms with Gasteiger partial charge in [-0.05, 0) is 36.8 Å². The highest BCUT2D eigenvalue weighted by Gasteiger charge is 2.18. The highest BCUT2D eigenvalue weighted by Crippen LogP contribution is 2.16. The number of rotatable bonds is 8. The van der Waals surface area contributed by atoms with Gasteiger partial charge in [-0.15, -0.1) is 0 Å². The van der Waals surface area contributed by atoms with Crippen LogP contribution in [0.2, 0.25) is 0 Å². The summed E-state index contributed by atoms with van der Waals surface area (Å²) in [7, 11) is -2.21. The van der Waals surface area contributed by atoms with Crippen molar-refractivity contribution in [2.45, 2.75) is 18.4 Å². The van der Waals surface area contributed by atoms with E-state index in [0.717, 1.165) is 0 Å². The lowest BCUT2D eigenvalue weighted by molar-refractivity contribution is 0.0936. The number of carbonyl (C=O) groups excluding carboxylic acids is 1. The van der Waals surface area contributed by atoms with Gasteiger partial charge in [-0.25, -0.2) is 13.1 Å². The van der Waals surface area contributed by atoms with Crippen LogP contribution in [0.25, 0.3) is 0 Å². The van der Waals surface area contributed by atoms with E-state index in [-0.39, 0.29) is 17.3 Å². The number of methoxy groups -OCH3 is 1. The Balaban J connectivity index is 2.15. The Kier molecular flexibility index (Phi) is 6.13. The maximum atomic E-state index is 12.4. The van der Waals surface area contributed by atoms with Crippen LogP contribution in [0, 0.1) is 6.92 Å². The Morgan fingerprint density at radius 1 is 1.29 bits per heavy atom. The third kappa shape index (κ3) is 4.67. The SMILES string of the molecule is COCCNC(=O)c1cc(S(=O)(=O)NCc2ccco2)ccc1C. The zero-order chi connectivity index (χ0) is 17.6. The molecule has 1 amide bonds. The monoisotopic (exact) mass is 352 g/mol. The Morgan fingerprint density at radius 3 is 2.75 bits per heavy atom. The van der Waals surface area contributed by atoms with Crippen molar-refractivity contribution in [3.05, 3.63) is 53.5 Å². The molecular formula is C16H20N2O5S. The molecule has 24 heavy (non-hydrogen) atoms. The number of furan rings is 1. The second kappa shape index (κ2) is 8.09. The maximum absolute atomic E-state index is 12.4. The van der Waals surface area contributed by atoms with E-state index in [4.69, 9.17) is 9.15 Å². The molecule has 0 bridgehead atoms. The van der Waals surface area contributed by atoms with Crippen molar-refractivity contribution < 1.29 is 22.4 Å². The quantitative estimate of drug-likeness (QED) is 0.701. The summed E-state index contributed by atoms with van der Waals surface area (Å²) in [6, 6.07) is 7.78. The van der Waals surface area contributed by atoms with Gasteiger partial charge in [0.15, 0.2) is 0 Å². The van der Waals surface area contributed by atoms with E-state index in [0.29, 0.717) is 30.0 Å². The van der Waals surface area contributed by atoms with Crippen LogP contribution in [0.5, 0.6) is 0 Å². The van der Waals surface area contributed by atoms with E-state index < -0.39 is 10.0 Å². The van der Waals surface area contributed by atoms with Crippen molar-refractivity contribution in [2.24, 2.45) is 0 Å². The zero-order valence-corrected chi connectivity index (χ0v) is 14.4. The normalized spacial score (nSPS) is 11.4.